The van der Waals surface area contributed by atoms with Crippen molar-refractivity contribution in [1.29, 1.82) is 0 Å². The molecule has 0 saturated heterocycles. The maximum Gasteiger partial charge on any atom is 0.170 e. The molecule has 0 amide bonds. The van der Waals surface area contributed by atoms with Gasteiger partial charge in [-0.2, -0.15) is 0 Å². The molecule has 0 radical (unpaired) electrons. The predicted octanol–water partition coefficient (Wildman–Crippen LogP) is 2.84. The summed E-state index contributed by atoms with van der Waals surface area (Å²) < 4.78 is 0. The van der Waals surface area contributed by atoms with E-state index in [1.54, 1.807) is 12.2 Å². The molecule has 0 aromatic carbocycles. The van der Waals surface area contributed by atoms with E-state index in [0.717, 1.165) is 0 Å². The lowest BCUT2D eigenvalue weighted by molar-refractivity contribution is 0.318. The van der Waals surface area contributed by atoms with E-state index in [1.807, 2.05) is 55.5 Å². The highest BCUT2D eigenvalue weighted by Gasteiger charge is 1.96. The molecule has 0 spiro atoms. The van der Waals surface area contributed by atoms with E-state index >= 15 is 0 Å². The summed E-state index contributed by atoms with van der Waals surface area (Å²) in [7, 11) is 0. The summed E-state index contributed by atoms with van der Waals surface area (Å²) in [5, 5.41) is 11.6. The fourth-order valence-corrected chi connectivity index (χ4v) is 1.20. The molecule has 1 aliphatic rings. The van der Waals surface area contributed by atoms with Crippen LogP contribution in [0.5, 0.6) is 0 Å². The summed E-state index contributed by atoms with van der Waals surface area (Å²) in [4.78, 5) is 0. The first kappa shape index (κ1) is 12.8. The summed E-state index contributed by atoms with van der Waals surface area (Å²) in [6.45, 7) is 2.03. The zero-order valence-corrected chi connectivity index (χ0v) is 9.75. The Labute approximate surface area is 101 Å². The van der Waals surface area contributed by atoms with Crippen LogP contribution in [0.25, 0.3) is 0 Å². The zero-order chi connectivity index (χ0) is 12.5. The third-order valence-corrected chi connectivity index (χ3v) is 2.12. The molecular weight excluding hydrogens is 212 g/mol. The van der Waals surface area contributed by atoms with Gasteiger partial charge in [0, 0.05) is 5.57 Å². The van der Waals surface area contributed by atoms with Crippen LogP contribution in [0.1, 0.15) is 6.92 Å². The zero-order valence-electron chi connectivity index (χ0n) is 9.75. The smallest absolute Gasteiger partial charge is 0.170 e. The van der Waals surface area contributed by atoms with E-state index in [0.29, 0.717) is 5.57 Å². The monoisotopic (exact) mass is 228 g/mol. The Morgan fingerprint density at radius 3 is 2.35 bits per heavy atom. The van der Waals surface area contributed by atoms with E-state index in [1.165, 1.54) is 5.57 Å². The van der Waals surface area contributed by atoms with Crippen molar-refractivity contribution >= 4 is 5.84 Å². The molecule has 0 fully saturated rings. The van der Waals surface area contributed by atoms with Gasteiger partial charge in [-0.3, -0.25) is 0 Å². The van der Waals surface area contributed by atoms with Crippen LogP contribution in [0.4, 0.5) is 0 Å². The quantitative estimate of drug-likeness (QED) is 0.314. The molecule has 3 N–H and O–H groups in total. The van der Waals surface area contributed by atoms with E-state index in [-0.39, 0.29) is 5.84 Å². The Bertz CT molecular complexity index is 461. The summed E-state index contributed by atoms with van der Waals surface area (Å²) in [5.74, 6) is 0.0899. The first-order chi connectivity index (χ1) is 8.24. The maximum atomic E-state index is 8.63. The molecule has 0 unspecified atom stereocenters. The molecule has 88 valence electrons. The molecule has 0 saturated carbocycles. The Hall–Kier alpha value is -2.29. The van der Waals surface area contributed by atoms with Crippen molar-refractivity contribution in [1.82, 2.24) is 0 Å². The molecule has 3 heteroatoms. The normalized spacial score (nSPS) is 30.8. The molecular formula is C14H16N2O. The van der Waals surface area contributed by atoms with Gasteiger partial charge in [-0.25, -0.2) is 0 Å². The third-order valence-electron chi connectivity index (χ3n) is 2.12. The van der Waals surface area contributed by atoms with Crippen LogP contribution in [-0.4, -0.2) is 11.0 Å². The largest absolute Gasteiger partial charge is 0.409 e. The van der Waals surface area contributed by atoms with Gasteiger partial charge in [-0.05, 0) is 6.92 Å². The fourth-order valence-electron chi connectivity index (χ4n) is 1.20. The van der Waals surface area contributed by atoms with Crippen LogP contribution in [-0.2, 0) is 0 Å². The SMILES string of the molecule is CC1=C/C=C\C=C/C(C(/N)=N/O)=C\C=C/C=C\1. The molecule has 1 aliphatic carbocycles. The highest BCUT2D eigenvalue weighted by atomic mass is 16.4. The number of hydrogen-bond donors (Lipinski definition) is 2. The molecule has 0 bridgehead atoms. The van der Waals surface area contributed by atoms with E-state index in [9.17, 15) is 0 Å². The van der Waals surface area contributed by atoms with Gasteiger partial charge in [-0.15, -0.1) is 0 Å². The fraction of sp³-hybridized carbons (Fsp3) is 0.0714. The third kappa shape index (κ3) is 4.84. The minimum Gasteiger partial charge on any atom is -0.409 e. The maximum absolute atomic E-state index is 8.63. The molecule has 17 heavy (non-hydrogen) atoms. The lowest BCUT2D eigenvalue weighted by Crippen LogP contribution is -2.13. The average molecular weight is 228 g/mol. The standard InChI is InChI=1S/C14H16N2O/c1-12-8-4-2-6-10-13(14(15)16-17)11-7-3-5-9-12/h2-11,17H,1H3,(H2,15,16)/b4-2-,5-3?,6-2?,7-3-,8-4?,9-5-,10-6-,11-7?,12-8-,12-9?,13-10?,13-11+. The molecule has 0 aromatic heterocycles. The number of hydrogen-bond acceptors (Lipinski definition) is 2. The predicted molar refractivity (Wildman–Crippen MR) is 71.8 cm³/mol. The Morgan fingerprint density at radius 2 is 1.65 bits per heavy atom. The number of amidine groups is 1. The number of nitrogens with zero attached hydrogens (tertiary/aromatic N) is 1. The Morgan fingerprint density at radius 1 is 1.00 bits per heavy atom. The molecule has 0 atom stereocenters. The highest BCUT2D eigenvalue weighted by Crippen LogP contribution is 2.02. The molecule has 3 nitrogen and oxygen atoms in total. The van der Waals surface area contributed by atoms with Gasteiger partial charge in [0.25, 0.3) is 0 Å². The van der Waals surface area contributed by atoms with Crippen molar-refractivity contribution in [3.05, 3.63) is 71.9 Å². The van der Waals surface area contributed by atoms with Gasteiger partial charge in [0.2, 0.25) is 0 Å². The van der Waals surface area contributed by atoms with E-state index in [4.69, 9.17) is 10.9 Å². The van der Waals surface area contributed by atoms with Gasteiger partial charge in [-0.1, -0.05) is 71.5 Å². The van der Waals surface area contributed by atoms with Crippen LogP contribution >= 0.6 is 0 Å². The second-order valence-corrected chi connectivity index (χ2v) is 3.51. The molecule has 0 aromatic rings. The van der Waals surface area contributed by atoms with Crippen molar-refractivity contribution in [2.45, 2.75) is 6.92 Å². The second-order valence-electron chi connectivity index (χ2n) is 3.51. The van der Waals surface area contributed by atoms with Crippen LogP contribution in [0.15, 0.2) is 77.1 Å². The van der Waals surface area contributed by atoms with Gasteiger partial charge < -0.3 is 10.9 Å². The minimum absolute atomic E-state index is 0.0899. The second kappa shape index (κ2) is 7.06. The number of oxime groups is 1. The van der Waals surface area contributed by atoms with Crippen molar-refractivity contribution in [2.24, 2.45) is 10.9 Å². The van der Waals surface area contributed by atoms with E-state index < -0.39 is 0 Å². The van der Waals surface area contributed by atoms with Crippen LogP contribution in [0.3, 0.4) is 0 Å². The summed E-state index contributed by atoms with van der Waals surface area (Å²) in [5.41, 5.74) is 7.37. The van der Waals surface area contributed by atoms with Crippen molar-refractivity contribution in [3.8, 4) is 0 Å². The van der Waals surface area contributed by atoms with Crippen molar-refractivity contribution in [2.75, 3.05) is 0 Å². The molecule has 0 aliphatic heterocycles. The van der Waals surface area contributed by atoms with Crippen LogP contribution < -0.4 is 5.73 Å². The minimum atomic E-state index is 0.0899. The van der Waals surface area contributed by atoms with Crippen molar-refractivity contribution in [3.63, 3.8) is 0 Å². The number of nitrogens with two attached hydrogens (primary N) is 1. The lowest BCUT2D eigenvalue weighted by Gasteiger charge is -1.97. The summed E-state index contributed by atoms with van der Waals surface area (Å²) in [6.07, 6.45) is 18.9. The first-order valence-electron chi connectivity index (χ1n) is 5.28. The molecule has 0 heterocycles. The van der Waals surface area contributed by atoms with Gasteiger partial charge >= 0.3 is 0 Å². The lowest BCUT2D eigenvalue weighted by atomic mass is 10.2. The Balaban J connectivity index is 3.01. The summed E-state index contributed by atoms with van der Waals surface area (Å²) >= 11 is 0. The Kier molecular flexibility index (Phi) is 5.31. The van der Waals surface area contributed by atoms with Crippen molar-refractivity contribution < 1.29 is 5.21 Å². The number of allylic oxidation sites excluding steroid dienone is 10. The average Bonchev–Trinajstić information content (AvgIpc) is 2.32. The summed E-state index contributed by atoms with van der Waals surface area (Å²) in [6, 6.07) is 0. The van der Waals surface area contributed by atoms with Gasteiger partial charge in [0.05, 0.1) is 0 Å². The molecule has 1 rings (SSSR count). The first-order valence-corrected chi connectivity index (χ1v) is 5.28. The topological polar surface area (TPSA) is 58.6 Å². The highest BCUT2D eigenvalue weighted by molar-refractivity contribution is 5.99. The number of rotatable bonds is 1. The van der Waals surface area contributed by atoms with Gasteiger partial charge in [0.1, 0.15) is 0 Å². The van der Waals surface area contributed by atoms with E-state index in [2.05, 4.69) is 5.16 Å². The van der Waals surface area contributed by atoms with Crippen LogP contribution in [0.2, 0.25) is 0 Å². The van der Waals surface area contributed by atoms with Gasteiger partial charge in [0.15, 0.2) is 5.84 Å². The van der Waals surface area contributed by atoms with Crippen LogP contribution in [0, 0.1) is 0 Å².